The topological polar surface area (TPSA) is 79.7 Å². The van der Waals surface area contributed by atoms with E-state index in [2.05, 4.69) is 20.3 Å². The minimum atomic E-state index is 0.0450. The number of H-pyrrole nitrogens is 1. The van der Waals surface area contributed by atoms with Crippen molar-refractivity contribution in [1.82, 2.24) is 29.9 Å². The van der Waals surface area contributed by atoms with Crippen LogP contribution in [0.25, 0.3) is 11.0 Å². The van der Waals surface area contributed by atoms with Crippen molar-refractivity contribution in [3.8, 4) is 0 Å². The molecule has 0 aliphatic carbocycles. The van der Waals surface area contributed by atoms with Gasteiger partial charge < -0.3 is 4.90 Å². The van der Waals surface area contributed by atoms with E-state index < -0.39 is 0 Å². The first-order valence-corrected chi connectivity index (χ1v) is 8.72. The largest absolute Gasteiger partial charge is 0.334 e. The van der Waals surface area contributed by atoms with Gasteiger partial charge in [-0.1, -0.05) is 0 Å². The fourth-order valence-electron chi connectivity index (χ4n) is 3.54. The van der Waals surface area contributed by atoms with E-state index in [1.165, 1.54) is 0 Å². The average molecular weight is 338 g/mol. The lowest BCUT2D eigenvalue weighted by molar-refractivity contribution is 0.0583. The van der Waals surface area contributed by atoms with Gasteiger partial charge in [-0.15, -0.1) is 0 Å². The van der Waals surface area contributed by atoms with E-state index in [1.807, 2.05) is 41.9 Å². The van der Waals surface area contributed by atoms with Crippen LogP contribution in [0, 0.1) is 13.8 Å². The molecule has 0 aromatic carbocycles. The number of carbonyl (C=O) groups excluding carboxylic acids is 1. The fourth-order valence-corrected chi connectivity index (χ4v) is 3.54. The number of rotatable bonds is 3. The molecule has 0 unspecified atom stereocenters. The van der Waals surface area contributed by atoms with Gasteiger partial charge in [0.25, 0.3) is 5.91 Å². The van der Waals surface area contributed by atoms with E-state index in [0.717, 1.165) is 49.0 Å². The molecular weight excluding hydrogens is 316 g/mol. The molecular formula is C18H22N6O. The molecule has 1 aliphatic heterocycles. The Bertz CT molecular complexity index is 911. The summed E-state index contributed by atoms with van der Waals surface area (Å²) in [6, 6.07) is 2.06. The van der Waals surface area contributed by atoms with E-state index in [9.17, 15) is 4.79 Å². The first kappa shape index (κ1) is 15.8. The number of aromatic nitrogens is 5. The number of pyridine rings is 1. The number of carbonyl (C=O) groups is 1. The number of hydrogen-bond donors (Lipinski definition) is 1. The van der Waals surface area contributed by atoms with Gasteiger partial charge in [0.1, 0.15) is 0 Å². The molecule has 25 heavy (non-hydrogen) atoms. The summed E-state index contributed by atoms with van der Waals surface area (Å²) < 4.78 is 1.94. The van der Waals surface area contributed by atoms with Crippen molar-refractivity contribution in [2.24, 2.45) is 0 Å². The molecule has 1 N–H and O–H groups in total. The highest BCUT2D eigenvalue weighted by Gasteiger charge is 2.28. The molecule has 1 amide bonds. The minimum absolute atomic E-state index is 0.0450. The Labute approximate surface area is 146 Å². The molecule has 1 fully saturated rings. The number of nitrogens with zero attached hydrogens (tertiary/aromatic N) is 5. The third kappa shape index (κ3) is 3.01. The molecule has 4 rings (SSSR count). The second kappa shape index (κ2) is 6.31. The van der Waals surface area contributed by atoms with Gasteiger partial charge in [-0.2, -0.15) is 10.2 Å². The molecule has 7 nitrogen and oxygen atoms in total. The number of aryl methyl sites for hydroxylation is 2. The second-order valence-electron chi connectivity index (χ2n) is 6.83. The monoisotopic (exact) mass is 338 g/mol. The quantitative estimate of drug-likeness (QED) is 0.795. The van der Waals surface area contributed by atoms with Gasteiger partial charge in [-0.25, -0.2) is 4.98 Å². The number of fused-ring (bicyclic) bond motifs is 1. The maximum Gasteiger partial charge on any atom is 0.255 e. The van der Waals surface area contributed by atoms with E-state index in [0.29, 0.717) is 11.2 Å². The second-order valence-corrected chi connectivity index (χ2v) is 6.83. The first-order chi connectivity index (χ1) is 12.1. The van der Waals surface area contributed by atoms with E-state index in [4.69, 9.17) is 0 Å². The lowest BCUT2D eigenvalue weighted by atomic mass is 10.0. The van der Waals surface area contributed by atoms with E-state index >= 15 is 0 Å². The van der Waals surface area contributed by atoms with Gasteiger partial charge in [0.15, 0.2) is 5.65 Å². The van der Waals surface area contributed by atoms with Gasteiger partial charge in [0, 0.05) is 30.0 Å². The van der Waals surface area contributed by atoms with E-state index in [1.54, 1.807) is 6.20 Å². The van der Waals surface area contributed by atoms with Crippen molar-refractivity contribution in [3.05, 3.63) is 41.5 Å². The van der Waals surface area contributed by atoms with Gasteiger partial charge in [0.05, 0.1) is 24.3 Å². The van der Waals surface area contributed by atoms with Crippen LogP contribution in [0.5, 0.6) is 0 Å². The van der Waals surface area contributed by atoms with Gasteiger partial charge in [-0.3, -0.25) is 14.6 Å². The molecule has 3 aromatic rings. The van der Waals surface area contributed by atoms with Gasteiger partial charge in [0.2, 0.25) is 0 Å². The molecule has 0 bridgehead atoms. The summed E-state index contributed by atoms with van der Waals surface area (Å²) in [5, 5.41) is 12.3. The highest BCUT2D eigenvalue weighted by atomic mass is 16.2. The number of piperidine rings is 1. The van der Waals surface area contributed by atoms with Crippen LogP contribution in [-0.4, -0.2) is 48.4 Å². The summed E-state index contributed by atoms with van der Waals surface area (Å²) in [4.78, 5) is 19.4. The normalized spacial score (nSPS) is 18.0. The highest BCUT2D eigenvalue weighted by Crippen LogP contribution is 2.22. The van der Waals surface area contributed by atoms with Crippen LogP contribution in [0.3, 0.4) is 0 Å². The van der Waals surface area contributed by atoms with Crippen LogP contribution in [0.15, 0.2) is 24.7 Å². The smallest absolute Gasteiger partial charge is 0.255 e. The summed E-state index contributed by atoms with van der Waals surface area (Å²) in [5.74, 6) is 0.0450. The Balaban J connectivity index is 1.59. The summed E-state index contributed by atoms with van der Waals surface area (Å²) in [6.45, 7) is 5.49. The summed E-state index contributed by atoms with van der Waals surface area (Å²) in [7, 11) is 0. The number of amides is 1. The number of nitrogens with one attached hydrogen (secondary N) is 1. The average Bonchev–Trinajstić information content (AvgIpc) is 3.20. The van der Waals surface area contributed by atoms with Crippen molar-refractivity contribution in [2.45, 2.75) is 45.7 Å². The van der Waals surface area contributed by atoms with Crippen LogP contribution >= 0.6 is 0 Å². The predicted molar refractivity (Wildman–Crippen MR) is 94.3 cm³/mol. The molecule has 3 aromatic heterocycles. The zero-order valence-corrected chi connectivity index (χ0v) is 14.6. The van der Waals surface area contributed by atoms with E-state index in [-0.39, 0.29) is 11.9 Å². The van der Waals surface area contributed by atoms with Crippen molar-refractivity contribution < 1.29 is 4.79 Å². The molecule has 7 heteroatoms. The summed E-state index contributed by atoms with van der Waals surface area (Å²) in [5.41, 5.74) is 3.34. The zero-order valence-electron chi connectivity index (χ0n) is 14.6. The highest BCUT2D eigenvalue weighted by molar-refractivity contribution is 5.97. The molecule has 0 radical (unpaired) electrons. The van der Waals surface area contributed by atoms with Crippen LogP contribution < -0.4 is 0 Å². The Morgan fingerprint density at radius 2 is 2.20 bits per heavy atom. The van der Waals surface area contributed by atoms with Crippen molar-refractivity contribution >= 4 is 16.9 Å². The fraction of sp³-hybridized carbons (Fsp3) is 0.444. The van der Waals surface area contributed by atoms with Crippen LogP contribution in [0.4, 0.5) is 0 Å². The number of likely N-dealkylation sites (tertiary alicyclic amines) is 1. The minimum Gasteiger partial charge on any atom is -0.334 e. The molecule has 0 saturated carbocycles. The molecule has 0 spiro atoms. The first-order valence-electron chi connectivity index (χ1n) is 8.72. The van der Waals surface area contributed by atoms with Crippen molar-refractivity contribution in [3.63, 3.8) is 0 Å². The Hall–Kier alpha value is -2.70. The van der Waals surface area contributed by atoms with Crippen LogP contribution in [0.1, 0.15) is 40.9 Å². The third-order valence-corrected chi connectivity index (χ3v) is 4.90. The van der Waals surface area contributed by atoms with Crippen LogP contribution in [0.2, 0.25) is 0 Å². The Morgan fingerprint density at radius 3 is 3.00 bits per heavy atom. The Morgan fingerprint density at radius 1 is 1.32 bits per heavy atom. The lowest BCUT2D eigenvalue weighted by Gasteiger charge is -2.35. The standard InChI is InChI=1S/C18H22N6O/c1-12-8-20-23(10-12)11-15-5-3-4-6-24(15)18(25)14-7-16-13(2)21-22-17(16)19-9-14/h7-10,15H,3-6,11H2,1-2H3,(H,19,21,22)/t15-/m0/s1. The van der Waals surface area contributed by atoms with Crippen molar-refractivity contribution in [2.75, 3.05) is 6.54 Å². The Kier molecular flexibility index (Phi) is 3.99. The van der Waals surface area contributed by atoms with Crippen molar-refractivity contribution in [1.29, 1.82) is 0 Å². The lowest BCUT2D eigenvalue weighted by Crippen LogP contribution is -2.46. The SMILES string of the molecule is Cc1cnn(C[C@@H]2CCCCN2C(=O)c2cnc3n[nH]c(C)c3c2)c1. The summed E-state index contributed by atoms with van der Waals surface area (Å²) >= 11 is 0. The molecule has 1 atom stereocenters. The van der Waals surface area contributed by atoms with Gasteiger partial charge in [-0.05, 0) is 44.7 Å². The maximum absolute atomic E-state index is 13.1. The number of hydrogen-bond acceptors (Lipinski definition) is 4. The molecule has 1 saturated heterocycles. The number of aromatic amines is 1. The molecule has 130 valence electrons. The predicted octanol–water partition coefficient (Wildman–Crippen LogP) is 2.47. The van der Waals surface area contributed by atoms with Crippen LogP contribution in [-0.2, 0) is 6.54 Å². The molecule has 4 heterocycles. The third-order valence-electron chi connectivity index (χ3n) is 4.90. The maximum atomic E-state index is 13.1. The molecule has 1 aliphatic rings. The van der Waals surface area contributed by atoms with Gasteiger partial charge >= 0.3 is 0 Å². The summed E-state index contributed by atoms with van der Waals surface area (Å²) in [6.07, 6.45) is 8.71. The zero-order chi connectivity index (χ0) is 17.4.